The SMILES string of the molecule is Cc1ccncc1-c1ccc(NS(=O)(=O)Nc2ccccc2)cc1. The first-order valence-corrected chi connectivity index (χ1v) is 8.88. The van der Waals surface area contributed by atoms with Gasteiger partial charge in [-0.1, -0.05) is 30.3 Å². The smallest absolute Gasteiger partial charge is 0.267 e. The number of hydrogen-bond donors (Lipinski definition) is 2. The first-order chi connectivity index (χ1) is 11.5. The van der Waals surface area contributed by atoms with Crippen LogP contribution in [0.25, 0.3) is 11.1 Å². The van der Waals surface area contributed by atoms with Gasteiger partial charge in [-0.2, -0.15) is 8.42 Å². The molecule has 0 unspecified atom stereocenters. The Bertz CT molecular complexity index is 924. The highest BCUT2D eigenvalue weighted by Crippen LogP contribution is 2.24. The van der Waals surface area contributed by atoms with Crippen LogP contribution in [0.3, 0.4) is 0 Å². The molecule has 3 aromatic rings. The first kappa shape index (κ1) is 16.0. The zero-order chi connectivity index (χ0) is 17.0. The second kappa shape index (κ2) is 6.72. The van der Waals surface area contributed by atoms with Crippen molar-refractivity contribution in [2.75, 3.05) is 9.44 Å². The molecule has 0 aliphatic heterocycles. The number of nitrogens with zero attached hydrogens (tertiary/aromatic N) is 1. The van der Waals surface area contributed by atoms with Crippen LogP contribution in [0.1, 0.15) is 5.56 Å². The number of nitrogens with one attached hydrogen (secondary N) is 2. The van der Waals surface area contributed by atoms with Gasteiger partial charge in [0.2, 0.25) is 0 Å². The van der Waals surface area contributed by atoms with Gasteiger partial charge in [0.05, 0.1) is 11.4 Å². The molecule has 0 saturated carbocycles. The van der Waals surface area contributed by atoms with E-state index in [0.29, 0.717) is 11.4 Å². The molecule has 0 aliphatic carbocycles. The second-order valence-electron chi connectivity index (χ2n) is 5.34. The normalized spacial score (nSPS) is 11.0. The molecule has 1 aromatic heterocycles. The maximum atomic E-state index is 12.1. The van der Waals surface area contributed by atoms with Crippen LogP contribution in [-0.2, 0) is 10.2 Å². The van der Waals surface area contributed by atoms with Crippen LogP contribution in [0.2, 0.25) is 0 Å². The van der Waals surface area contributed by atoms with Crippen molar-refractivity contribution in [2.24, 2.45) is 0 Å². The van der Waals surface area contributed by atoms with Crippen LogP contribution in [0, 0.1) is 6.92 Å². The fraction of sp³-hybridized carbons (Fsp3) is 0.0556. The summed E-state index contributed by atoms with van der Waals surface area (Å²) in [5.41, 5.74) is 4.12. The van der Waals surface area contributed by atoms with Crippen LogP contribution in [0.5, 0.6) is 0 Å². The Hall–Kier alpha value is -2.86. The van der Waals surface area contributed by atoms with Crippen molar-refractivity contribution in [3.8, 4) is 11.1 Å². The Morgan fingerprint density at radius 3 is 2.08 bits per heavy atom. The number of aromatic nitrogens is 1. The monoisotopic (exact) mass is 339 g/mol. The average Bonchev–Trinajstić information content (AvgIpc) is 2.56. The Balaban J connectivity index is 1.76. The van der Waals surface area contributed by atoms with E-state index in [-0.39, 0.29) is 0 Å². The Labute approximate surface area is 141 Å². The van der Waals surface area contributed by atoms with Gasteiger partial charge in [0.1, 0.15) is 0 Å². The standard InChI is InChI=1S/C18H17N3O2S/c1-14-11-12-19-13-18(14)15-7-9-17(10-8-15)21-24(22,23)20-16-5-3-2-4-6-16/h2-13,20-21H,1H3. The lowest BCUT2D eigenvalue weighted by Gasteiger charge is -2.11. The van der Waals surface area contributed by atoms with Gasteiger partial charge in [0.25, 0.3) is 0 Å². The van der Waals surface area contributed by atoms with Crippen LogP contribution in [-0.4, -0.2) is 13.4 Å². The molecule has 3 rings (SSSR count). The van der Waals surface area contributed by atoms with Gasteiger partial charge in [-0.3, -0.25) is 14.4 Å². The fourth-order valence-electron chi connectivity index (χ4n) is 2.33. The van der Waals surface area contributed by atoms with E-state index < -0.39 is 10.2 Å². The Kier molecular flexibility index (Phi) is 4.48. The van der Waals surface area contributed by atoms with Gasteiger partial charge in [-0.15, -0.1) is 0 Å². The minimum absolute atomic E-state index is 0.490. The molecular formula is C18H17N3O2S. The highest BCUT2D eigenvalue weighted by molar-refractivity contribution is 7.94. The van der Waals surface area contributed by atoms with E-state index in [0.717, 1.165) is 16.7 Å². The average molecular weight is 339 g/mol. The molecule has 0 aliphatic rings. The van der Waals surface area contributed by atoms with Gasteiger partial charge in [0, 0.05) is 18.0 Å². The van der Waals surface area contributed by atoms with E-state index in [4.69, 9.17) is 0 Å². The molecular weight excluding hydrogens is 322 g/mol. The molecule has 2 N–H and O–H groups in total. The maximum absolute atomic E-state index is 12.1. The Morgan fingerprint density at radius 2 is 1.46 bits per heavy atom. The summed E-state index contributed by atoms with van der Waals surface area (Å²) in [6, 6.07) is 17.9. The largest absolute Gasteiger partial charge is 0.321 e. The summed E-state index contributed by atoms with van der Waals surface area (Å²) in [5, 5.41) is 0. The lowest BCUT2D eigenvalue weighted by molar-refractivity contribution is 0.606. The molecule has 122 valence electrons. The van der Waals surface area contributed by atoms with E-state index in [1.165, 1.54) is 0 Å². The Morgan fingerprint density at radius 1 is 0.833 bits per heavy atom. The molecule has 24 heavy (non-hydrogen) atoms. The maximum Gasteiger partial charge on any atom is 0.321 e. The van der Waals surface area contributed by atoms with Crippen molar-refractivity contribution < 1.29 is 8.42 Å². The van der Waals surface area contributed by atoms with Gasteiger partial charge in [-0.25, -0.2) is 0 Å². The minimum atomic E-state index is -3.69. The van der Waals surface area contributed by atoms with Crippen LogP contribution < -0.4 is 9.44 Å². The lowest BCUT2D eigenvalue weighted by Crippen LogP contribution is -2.21. The number of benzene rings is 2. The highest BCUT2D eigenvalue weighted by atomic mass is 32.2. The fourth-order valence-corrected chi connectivity index (χ4v) is 3.27. The third kappa shape index (κ3) is 3.91. The van der Waals surface area contributed by atoms with E-state index >= 15 is 0 Å². The molecule has 0 radical (unpaired) electrons. The van der Waals surface area contributed by atoms with Crippen LogP contribution in [0.15, 0.2) is 73.1 Å². The molecule has 5 nitrogen and oxygen atoms in total. The lowest BCUT2D eigenvalue weighted by atomic mass is 10.0. The van der Waals surface area contributed by atoms with E-state index in [2.05, 4.69) is 14.4 Å². The van der Waals surface area contributed by atoms with Gasteiger partial charge >= 0.3 is 10.2 Å². The topological polar surface area (TPSA) is 71.1 Å². The quantitative estimate of drug-likeness (QED) is 0.742. The van der Waals surface area contributed by atoms with Crippen molar-refractivity contribution in [3.05, 3.63) is 78.6 Å². The summed E-state index contributed by atoms with van der Waals surface area (Å²) in [5.74, 6) is 0. The molecule has 1 heterocycles. The molecule has 0 atom stereocenters. The van der Waals surface area contributed by atoms with E-state index in [9.17, 15) is 8.42 Å². The number of para-hydroxylation sites is 1. The number of anilines is 2. The molecule has 0 amide bonds. The van der Waals surface area contributed by atoms with Crippen molar-refractivity contribution in [1.82, 2.24) is 4.98 Å². The van der Waals surface area contributed by atoms with E-state index in [1.807, 2.05) is 31.2 Å². The van der Waals surface area contributed by atoms with Gasteiger partial charge in [-0.05, 0) is 48.4 Å². The predicted molar refractivity (Wildman–Crippen MR) is 97.0 cm³/mol. The van der Waals surface area contributed by atoms with Crippen molar-refractivity contribution in [3.63, 3.8) is 0 Å². The van der Waals surface area contributed by atoms with Gasteiger partial charge in [0.15, 0.2) is 0 Å². The summed E-state index contributed by atoms with van der Waals surface area (Å²) in [4.78, 5) is 4.13. The van der Waals surface area contributed by atoms with Gasteiger partial charge < -0.3 is 0 Å². The zero-order valence-electron chi connectivity index (χ0n) is 13.1. The summed E-state index contributed by atoms with van der Waals surface area (Å²) in [6.45, 7) is 2.01. The third-order valence-corrected chi connectivity index (χ3v) is 4.52. The molecule has 0 saturated heterocycles. The minimum Gasteiger partial charge on any atom is -0.267 e. The molecule has 0 spiro atoms. The summed E-state index contributed by atoms with van der Waals surface area (Å²) in [6.07, 6.45) is 3.54. The van der Waals surface area contributed by atoms with E-state index in [1.54, 1.807) is 48.8 Å². The first-order valence-electron chi connectivity index (χ1n) is 7.40. The van der Waals surface area contributed by atoms with Crippen molar-refractivity contribution in [2.45, 2.75) is 6.92 Å². The number of hydrogen-bond acceptors (Lipinski definition) is 3. The van der Waals surface area contributed by atoms with Crippen LogP contribution >= 0.6 is 0 Å². The zero-order valence-corrected chi connectivity index (χ0v) is 13.9. The number of pyridine rings is 1. The number of aryl methyl sites for hydroxylation is 1. The summed E-state index contributed by atoms with van der Waals surface area (Å²) >= 11 is 0. The highest BCUT2D eigenvalue weighted by Gasteiger charge is 2.10. The van der Waals surface area contributed by atoms with Crippen molar-refractivity contribution in [1.29, 1.82) is 0 Å². The molecule has 2 aromatic carbocycles. The molecule has 0 bridgehead atoms. The summed E-state index contributed by atoms with van der Waals surface area (Å²) in [7, 11) is -3.69. The third-order valence-electron chi connectivity index (χ3n) is 3.51. The molecule has 0 fully saturated rings. The second-order valence-corrected chi connectivity index (χ2v) is 6.76. The summed E-state index contributed by atoms with van der Waals surface area (Å²) < 4.78 is 29.3. The predicted octanol–water partition coefficient (Wildman–Crippen LogP) is 3.83. The van der Waals surface area contributed by atoms with Crippen molar-refractivity contribution >= 4 is 21.6 Å². The molecule has 6 heteroatoms. The van der Waals surface area contributed by atoms with Crippen LogP contribution in [0.4, 0.5) is 11.4 Å². The number of rotatable bonds is 5.